The molecule has 0 spiro atoms. The first-order valence-electron chi connectivity index (χ1n) is 13.5. The van der Waals surface area contributed by atoms with Crippen molar-refractivity contribution in [2.75, 3.05) is 39.2 Å². The van der Waals surface area contributed by atoms with Crippen molar-refractivity contribution in [1.82, 2.24) is 15.2 Å². The fraction of sp³-hybridized carbons (Fsp3) is 0.344. The van der Waals surface area contributed by atoms with E-state index in [0.717, 1.165) is 52.0 Å². The molecule has 1 aliphatic rings. The van der Waals surface area contributed by atoms with E-state index >= 15 is 0 Å². The molecule has 1 aromatic heterocycles. The monoisotopic (exact) mass is 544 g/mol. The highest BCUT2D eigenvalue weighted by Crippen LogP contribution is 2.35. The maximum absolute atomic E-state index is 14.6. The van der Waals surface area contributed by atoms with Crippen LogP contribution in [0, 0.1) is 5.92 Å². The number of anilines is 1. The molecule has 6 nitrogen and oxygen atoms in total. The highest BCUT2D eigenvalue weighted by Gasteiger charge is 2.36. The molecule has 2 N–H and O–H groups in total. The number of aromatic amines is 1. The summed E-state index contributed by atoms with van der Waals surface area (Å²) in [5.41, 5.74) is 5.38. The quantitative estimate of drug-likeness (QED) is 0.277. The van der Waals surface area contributed by atoms with E-state index in [0.29, 0.717) is 24.0 Å². The number of ether oxygens (including phenoxy) is 1. The second-order valence-corrected chi connectivity index (χ2v) is 11.3. The molecule has 4 aromatic rings. The van der Waals surface area contributed by atoms with Gasteiger partial charge in [-0.25, -0.2) is 0 Å². The van der Waals surface area contributed by atoms with Crippen LogP contribution in [0.4, 0.5) is 5.69 Å². The molecule has 204 valence electrons. The Balaban J connectivity index is 1.49. The predicted molar refractivity (Wildman–Crippen MR) is 160 cm³/mol. The number of carbonyl (C=O) groups is 1. The number of rotatable bonds is 9. The van der Waals surface area contributed by atoms with Crippen molar-refractivity contribution >= 4 is 34.1 Å². The van der Waals surface area contributed by atoms with Crippen molar-refractivity contribution in [2.24, 2.45) is 5.92 Å². The normalized spacial score (nSPS) is 16.8. The zero-order valence-electron chi connectivity index (χ0n) is 23.1. The van der Waals surface area contributed by atoms with Crippen LogP contribution in [-0.4, -0.2) is 56.1 Å². The van der Waals surface area contributed by atoms with Crippen LogP contribution < -0.4 is 15.0 Å². The van der Waals surface area contributed by atoms with Crippen LogP contribution in [0.1, 0.15) is 29.5 Å². The van der Waals surface area contributed by atoms with Crippen LogP contribution in [0.2, 0.25) is 5.02 Å². The Labute approximate surface area is 235 Å². The molecule has 0 radical (unpaired) electrons. The molecule has 0 fully saturated rings. The van der Waals surface area contributed by atoms with Gasteiger partial charge in [0.15, 0.2) is 0 Å². The van der Waals surface area contributed by atoms with E-state index in [1.54, 1.807) is 7.11 Å². The van der Waals surface area contributed by atoms with Crippen molar-refractivity contribution in [3.05, 3.63) is 94.6 Å². The number of hydrogen-bond donors (Lipinski definition) is 2. The maximum Gasteiger partial charge on any atom is 0.244 e. The Morgan fingerprint density at radius 1 is 1.15 bits per heavy atom. The number of nitrogens with one attached hydrogen (secondary N) is 2. The molecule has 0 aliphatic carbocycles. The molecule has 2 heterocycles. The second kappa shape index (κ2) is 11.8. The fourth-order valence-corrected chi connectivity index (χ4v) is 6.02. The number of H-pyrrole nitrogens is 1. The summed E-state index contributed by atoms with van der Waals surface area (Å²) < 4.78 is 5.32. The molecule has 2 unspecified atom stereocenters. The van der Waals surface area contributed by atoms with E-state index in [-0.39, 0.29) is 11.8 Å². The van der Waals surface area contributed by atoms with E-state index in [9.17, 15) is 4.79 Å². The molecular weight excluding hydrogens is 508 g/mol. The molecule has 0 bridgehead atoms. The summed E-state index contributed by atoms with van der Waals surface area (Å²) >= 11 is 6.39. The Bertz CT molecular complexity index is 1430. The third-order valence-corrected chi connectivity index (χ3v) is 7.97. The van der Waals surface area contributed by atoms with Gasteiger partial charge in [-0.15, -0.1) is 0 Å². The van der Waals surface area contributed by atoms with Gasteiger partial charge in [0.25, 0.3) is 0 Å². The first kappa shape index (κ1) is 27.3. The molecule has 39 heavy (non-hydrogen) atoms. The lowest BCUT2D eigenvalue weighted by Gasteiger charge is -2.39. The zero-order valence-corrected chi connectivity index (χ0v) is 23.8. The Hall–Kier alpha value is -3.32. The van der Waals surface area contributed by atoms with Crippen molar-refractivity contribution in [3.8, 4) is 5.75 Å². The first-order chi connectivity index (χ1) is 18.8. The van der Waals surface area contributed by atoms with Gasteiger partial charge in [0.2, 0.25) is 5.91 Å². The first-order valence-corrected chi connectivity index (χ1v) is 13.9. The molecule has 7 heteroatoms. The molecular formula is C32H37ClN4O2. The van der Waals surface area contributed by atoms with Crippen LogP contribution in [0.25, 0.3) is 10.9 Å². The summed E-state index contributed by atoms with van der Waals surface area (Å²) in [5.74, 6) is 1.14. The van der Waals surface area contributed by atoms with E-state index in [2.05, 4.69) is 48.4 Å². The average molecular weight is 545 g/mol. The molecule has 1 amide bonds. The summed E-state index contributed by atoms with van der Waals surface area (Å²) in [6.45, 7) is 4.28. The van der Waals surface area contributed by atoms with Crippen molar-refractivity contribution < 1.29 is 9.53 Å². The maximum atomic E-state index is 14.6. The van der Waals surface area contributed by atoms with Gasteiger partial charge in [-0.05, 0) is 79.5 Å². The number of methoxy groups -OCH3 is 1. The van der Waals surface area contributed by atoms with Gasteiger partial charge in [-0.1, -0.05) is 48.9 Å². The molecule has 5 rings (SSSR count). The number of para-hydroxylation sites is 1. The topological polar surface area (TPSA) is 60.6 Å². The minimum atomic E-state index is -0.437. The van der Waals surface area contributed by atoms with Crippen molar-refractivity contribution in [3.63, 3.8) is 0 Å². The van der Waals surface area contributed by atoms with E-state index < -0.39 is 6.04 Å². The van der Waals surface area contributed by atoms with Crippen molar-refractivity contribution in [2.45, 2.75) is 31.8 Å². The number of halogens is 1. The molecule has 3 atom stereocenters. The van der Waals surface area contributed by atoms with Crippen LogP contribution in [0.15, 0.2) is 72.9 Å². The standard InChI is InChI=1S/C32H37ClN4O2/c1-21(28-18-34-29-8-6-5-7-27(28)29)31(35-17-22-9-12-26(39-4)13-10-22)32(38)37-20-23(19-36(2)3)15-24-16-25(33)11-14-30(24)37/h5-14,16,18,21,23,31,34-35H,15,17,19-20H2,1-4H3/t21?,23-,31?/m1/s1. The molecule has 3 aromatic carbocycles. The lowest BCUT2D eigenvalue weighted by Crippen LogP contribution is -2.52. The number of hydrogen-bond acceptors (Lipinski definition) is 4. The summed E-state index contributed by atoms with van der Waals surface area (Å²) in [7, 11) is 5.83. The lowest BCUT2D eigenvalue weighted by atomic mass is 9.88. The SMILES string of the molecule is COc1ccc(CNC(C(=O)N2C[C@@H](CN(C)C)Cc3cc(Cl)ccc32)C(C)c2c[nH]c3ccccc23)cc1. The van der Waals surface area contributed by atoms with Gasteiger partial charge in [0.05, 0.1) is 13.2 Å². The van der Waals surface area contributed by atoms with Crippen molar-refractivity contribution in [1.29, 1.82) is 0 Å². The minimum absolute atomic E-state index is 0.0723. The third kappa shape index (κ3) is 5.98. The Kier molecular flexibility index (Phi) is 8.26. The number of carbonyl (C=O) groups excluding carboxylic acids is 1. The van der Waals surface area contributed by atoms with Gasteiger partial charge in [0, 0.05) is 53.4 Å². The summed E-state index contributed by atoms with van der Waals surface area (Å²) in [4.78, 5) is 22.1. The van der Waals surface area contributed by atoms with Crippen LogP contribution in [-0.2, 0) is 17.8 Å². The number of nitrogens with zero attached hydrogens (tertiary/aromatic N) is 2. The van der Waals surface area contributed by atoms with Gasteiger partial charge in [-0.2, -0.15) is 0 Å². The van der Waals surface area contributed by atoms with E-state index in [4.69, 9.17) is 16.3 Å². The molecule has 0 saturated heterocycles. The fourth-order valence-electron chi connectivity index (χ4n) is 5.83. The summed E-state index contributed by atoms with van der Waals surface area (Å²) in [6.07, 6.45) is 2.95. The van der Waals surface area contributed by atoms with Crippen LogP contribution in [0.3, 0.4) is 0 Å². The predicted octanol–water partition coefficient (Wildman–Crippen LogP) is 5.86. The molecule has 1 aliphatic heterocycles. The minimum Gasteiger partial charge on any atom is -0.497 e. The highest BCUT2D eigenvalue weighted by atomic mass is 35.5. The zero-order chi connectivity index (χ0) is 27.5. The highest BCUT2D eigenvalue weighted by molar-refractivity contribution is 6.30. The number of fused-ring (bicyclic) bond motifs is 2. The second-order valence-electron chi connectivity index (χ2n) is 10.8. The Morgan fingerprint density at radius 2 is 1.92 bits per heavy atom. The van der Waals surface area contributed by atoms with Gasteiger partial charge in [0.1, 0.15) is 5.75 Å². The average Bonchev–Trinajstić information content (AvgIpc) is 3.36. The largest absolute Gasteiger partial charge is 0.497 e. The molecule has 0 saturated carbocycles. The van der Waals surface area contributed by atoms with Gasteiger partial charge < -0.3 is 24.8 Å². The number of amides is 1. The number of benzene rings is 3. The Morgan fingerprint density at radius 3 is 2.67 bits per heavy atom. The van der Waals surface area contributed by atoms with E-state index in [1.165, 1.54) is 0 Å². The van der Waals surface area contributed by atoms with E-state index in [1.807, 2.05) is 65.7 Å². The van der Waals surface area contributed by atoms with Crippen LogP contribution >= 0.6 is 11.6 Å². The lowest BCUT2D eigenvalue weighted by molar-refractivity contribution is -0.121. The smallest absolute Gasteiger partial charge is 0.244 e. The number of aromatic nitrogens is 1. The van der Waals surface area contributed by atoms with Gasteiger partial charge in [-0.3, -0.25) is 4.79 Å². The van der Waals surface area contributed by atoms with Crippen LogP contribution in [0.5, 0.6) is 5.75 Å². The third-order valence-electron chi connectivity index (χ3n) is 7.73. The summed E-state index contributed by atoms with van der Waals surface area (Å²) in [6, 6.07) is 21.7. The summed E-state index contributed by atoms with van der Waals surface area (Å²) in [5, 5.41) is 5.48. The van der Waals surface area contributed by atoms with Gasteiger partial charge >= 0.3 is 0 Å².